The van der Waals surface area contributed by atoms with Crippen LogP contribution in [0.3, 0.4) is 0 Å². The molecule has 1 saturated heterocycles. The largest absolute Gasteiger partial charge is 0.496 e. The number of hydrogen-bond acceptors (Lipinski definition) is 4. The SMILES string of the molecule is C[C@@H]1O[C@@H](O[C@H]2CCC=CO[C@H]2C)CC[C@@H]1OCc1ccccc1. The Kier molecular flexibility index (Phi) is 6.30. The van der Waals surface area contributed by atoms with Crippen LogP contribution in [0.2, 0.25) is 0 Å². The maximum Gasteiger partial charge on any atom is 0.158 e. The van der Waals surface area contributed by atoms with Crippen LogP contribution in [0.5, 0.6) is 0 Å². The van der Waals surface area contributed by atoms with Crippen LogP contribution in [0, 0.1) is 0 Å². The molecule has 5 atom stereocenters. The fourth-order valence-electron chi connectivity index (χ4n) is 3.23. The quantitative estimate of drug-likeness (QED) is 0.810. The van der Waals surface area contributed by atoms with Crippen molar-refractivity contribution in [2.24, 2.45) is 0 Å². The lowest BCUT2D eigenvalue weighted by Crippen LogP contribution is -2.42. The molecule has 2 aliphatic heterocycles. The Balaban J connectivity index is 1.44. The highest BCUT2D eigenvalue weighted by Gasteiger charge is 2.32. The molecule has 0 bridgehead atoms. The summed E-state index contributed by atoms with van der Waals surface area (Å²) in [5.41, 5.74) is 1.19. The normalized spacial score (nSPS) is 33.7. The number of hydrogen-bond donors (Lipinski definition) is 0. The predicted octanol–water partition coefficient (Wildman–Crippen LogP) is 4.19. The average molecular weight is 332 g/mol. The van der Waals surface area contributed by atoms with E-state index in [4.69, 9.17) is 18.9 Å². The molecule has 4 heteroatoms. The lowest BCUT2D eigenvalue weighted by Gasteiger charge is -2.36. The number of allylic oxidation sites excluding steroid dienone is 1. The number of benzene rings is 1. The van der Waals surface area contributed by atoms with Crippen LogP contribution in [-0.4, -0.2) is 30.7 Å². The van der Waals surface area contributed by atoms with E-state index in [2.05, 4.69) is 32.1 Å². The van der Waals surface area contributed by atoms with Gasteiger partial charge in [-0.2, -0.15) is 0 Å². The Bertz CT molecular complexity index is 516. The minimum atomic E-state index is -0.161. The summed E-state index contributed by atoms with van der Waals surface area (Å²) in [6.45, 7) is 4.75. The van der Waals surface area contributed by atoms with Crippen molar-refractivity contribution in [1.29, 1.82) is 0 Å². The van der Waals surface area contributed by atoms with Gasteiger partial charge < -0.3 is 18.9 Å². The lowest BCUT2D eigenvalue weighted by atomic mass is 10.0. The first-order valence-electron chi connectivity index (χ1n) is 8.99. The third-order valence-electron chi connectivity index (χ3n) is 4.74. The predicted molar refractivity (Wildman–Crippen MR) is 92.4 cm³/mol. The van der Waals surface area contributed by atoms with Gasteiger partial charge in [0.25, 0.3) is 0 Å². The Morgan fingerprint density at radius 3 is 2.62 bits per heavy atom. The van der Waals surface area contributed by atoms with Gasteiger partial charge in [0.15, 0.2) is 6.29 Å². The second-order valence-electron chi connectivity index (χ2n) is 6.65. The van der Waals surface area contributed by atoms with Crippen LogP contribution in [-0.2, 0) is 25.6 Å². The fourth-order valence-corrected chi connectivity index (χ4v) is 3.23. The van der Waals surface area contributed by atoms with E-state index in [0.29, 0.717) is 6.61 Å². The summed E-state index contributed by atoms with van der Waals surface area (Å²) in [5.74, 6) is 0. The third-order valence-corrected chi connectivity index (χ3v) is 4.74. The molecule has 1 aromatic carbocycles. The Morgan fingerprint density at radius 2 is 1.83 bits per heavy atom. The van der Waals surface area contributed by atoms with Crippen LogP contribution in [0.4, 0.5) is 0 Å². The van der Waals surface area contributed by atoms with Crippen LogP contribution in [0.1, 0.15) is 45.1 Å². The topological polar surface area (TPSA) is 36.9 Å². The van der Waals surface area contributed by atoms with Gasteiger partial charge in [0.05, 0.1) is 31.2 Å². The van der Waals surface area contributed by atoms with E-state index in [9.17, 15) is 0 Å². The van der Waals surface area contributed by atoms with Crippen molar-refractivity contribution in [3.8, 4) is 0 Å². The molecule has 2 aliphatic rings. The Hall–Kier alpha value is -1.36. The summed E-state index contributed by atoms with van der Waals surface area (Å²) >= 11 is 0. The summed E-state index contributed by atoms with van der Waals surface area (Å²) in [4.78, 5) is 0. The molecule has 0 N–H and O–H groups in total. The molecule has 24 heavy (non-hydrogen) atoms. The number of ether oxygens (including phenoxy) is 4. The summed E-state index contributed by atoms with van der Waals surface area (Å²) in [5, 5.41) is 0. The van der Waals surface area contributed by atoms with Crippen molar-refractivity contribution in [2.75, 3.05) is 0 Å². The minimum Gasteiger partial charge on any atom is -0.496 e. The molecule has 4 nitrogen and oxygen atoms in total. The smallest absolute Gasteiger partial charge is 0.158 e. The molecule has 1 aromatic rings. The molecule has 0 amide bonds. The first-order chi connectivity index (χ1) is 11.7. The molecule has 0 unspecified atom stereocenters. The molecular formula is C20H28O4. The van der Waals surface area contributed by atoms with Crippen LogP contribution in [0.25, 0.3) is 0 Å². The van der Waals surface area contributed by atoms with Gasteiger partial charge in [0.1, 0.15) is 6.10 Å². The standard InChI is InChI=1S/C20H28O4/c1-15-19(10-6-7-13-21-15)24-20-12-11-18(16(2)23-20)22-14-17-8-4-3-5-9-17/h3-5,7-9,13,15-16,18-20H,6,10-12,14H2,1-2H3/t15-,16-,18-,19-,20-/m0/s1. The average Bonchev–Trinajstić information content (AvgIpc) is 2.80. The highest BCUT2D eigenvalue weighted by molar-refractivity contribution is 5.13. The fraction of sp³-hybridized carbons (Fsp3) is 0.600. The minimum absolute atomic E-state index is 0.0348. The number of rotatable bonds is 5. The Labute approximate surface area is 144 Å². The summed E-state index contributed by atoms with van der Waals surface area (Å²) in [7, 11) is 0. The van der Waals surface area contributed by atoms with Crippen LogP contribution < -0.4 is 0 Å². The van der Waals surface area contributed by atoms with Crippen LogP contribution >= 0.6 is 0 Å². The summed E-state index contributed by atoms with van der Waals surface area (Å²) < 4.78 is 23.9. The van der Waals surface area contributed by atoms with Gasteiger partial charge >= 0.3 is 0 Å². The second kappa shape index (κ2) is 8.65. The van der Waals surface area contributed by atoms with Gasteiger partial charge in [0.2, 0.25) is 0 Å². The zero-order valence-corrected chi connectivity index (χ0v) is 14.6. The molecule has 0 radical (unpaired) electrons. The van der Waals surface area contributed by atoms with Crippen molar-refractivity contribution >= 4 is 0 Å². The molecule has 0 saturated carbocycles. The molecule has 0 aliphatic carbocycles. The molecule has 0 spiro atoms. The maximum absolute atomic E-state index is 6.16. The van der Waals surface area contributed by atoms with Gasteiger partial charge in [0, 0.05) is 6.42 Å². The highest BCUT2D eigenvalue weighted by Crippen LogP contribution is 2.27. The molecule has 2 heterocycles. The molecule has 1 fully saturated rings. The Morgan fingerprint density at radius 1 is 1.00 bits per heavy atom. The van der Waals surface area contributed by atoms with E-state index >= 15 is 0 Å². The van der Waals surface area contributed by atoms with Gasteiger partial charge in [-0.05, 0) is 44.7 Å². The van der Waals surface area contributed by atoms with Gasteiger partial charge in [-0.1, -0.05) is 30.3 Å². The van der Waals surface area contributed by atoms with Crippen molar-refractivity contribution < 1.29 is 18.9 Å². The van der Waals surface area contributed by atoms with Crippen LogP contribution in [0.15, 0.2) is 42.7 Å². The molecule has 3 rings (SSSR count). The zero-order chi connectivity index (χ0) is 16.8. The van der Waals surface area contributed by atoms with Crippen molar-refractivity contribution in [3.05, 3.63) is 48.2 Å². The van der Waals surface area contributed by atoms with Gasteiger partial charge in [-0.3, -0.25) is 0 Å². The molecular weight excluding hydrogens is 304 g/mol. The molecule has 0 aromatic heterocycles. The van der Waals surface area contributed by atoms with E-state index in [1.54, 1.807) is 6.26 Å². The monoisotopic (exact) mass is 332 g/mol. The first-order valence-corrected chi connectivity index (χ1v) is 8.99. The van der Waals surface area contributed by atoms with E-state index in [1.165, 1.54) is 5.56 Å². The highest BCUT2D eigenvalue weighted by atomic mass is 16.7. The van der Waals surface area contributed by atoms with E-state index in [0.717, 1.165) is 25.7 Å². The van der Waals surface area contributed by atoms with Gasteiger partial charge in [-0.25, -0.2) is 0 Å². The van der Waals surface area contributed by atoms with Crippen molar-refractivity contribution in [1.82, 2.24) is 0 Å². The summed E-state index contributed by atoms with van der Waals surface area (Å²) in [6.07, 6.45) is 7.75. The molecule has 132 valence electrons. The maximum atomic E-state index is 6.16. The van der Waals surface area contributed by atoms with Crippen molar-refractivity contribution in [2.45, 2.75) is 76.8 Å². The van der Waals surface area contributed by atoms with E-state index < -0.39 is 0 Å². The first kappa shape index (κ1) is 17.5. The summed E-state index contributed by atoms with van der Waals surface area (Å²) in [6, 6.07) is 10.3. The lowest BCUT2D eigenvalue weighted by molar-refractivity contribution is -0.252. The van der Waals surface area contributed by atoms with E-state index in [-0.39, 0.29) is 30.7 Å². The van der Waals surface area contributed by atoms with Gasteiger partial charge in [-0.15, -0.1) is 0 Å². The third kappa shape index (κ3) is 4.82. The van der Waals surface area contributed by atoms with Crippen molar-refractivity contribution in [3.63, 3.8) is 0 Å². The zero-order valence-electron chi connectivity index (χ0n) is 14.6. The van der Waals surface area contributed by atoms with E-state index in [1.807, 2.05) is 18.2 Å². The second-order valence-corrected chi connectivity index (χ2v) is 6.65.